The number of ether oxygens (including phenoxy) is 1. The SMILES string of the molecule is OCC1Cc2ccccc2C2(CCN(Cc3ccccc3)CC2)O1. The summed E-state index contributed by atoms with van der Waals surface area (Å²) in [5.74, 6) is 0. The molecule has 4 rings (SSSR count). The number of nitrogens with zero attached hydrogens (tertiary/aromatic N) is 1. The van der Waals surface area contributed by atoms with Crippen LogP contribution in [0.1, 0.15) is 29.5 Å². The third-order valence-corrected chi connectivity index (χ3v) is 5.46. The maximum absolute atomic E-state index is 9.64. The molecule has 126 valence electrons. The fraction of sp³-hybridized carbons (Fsp3) is 0.429. The van der Waals surface area contributed by atoms with Crippen LogP contribution in [0.5, 0.6) is 0 Å². The van der Waals surface area contributed by atoms with Crippen LogP contribution in [0.2, 0.25) is 0 Å². The highest BCUT2D eigenvalue weighted by Gasteiger charge is 2.43. The number of hydrogen-bond donors (Lipinski definition) is 1. The van der Waals surface area contributed by atoms with E-state index < -0.39 is 0 Å². The zero-order chi connectivity index (χ0) is 16.4. The first kappa shape index (κ1) is 15.8. The first-order valence-corrected chi connectivity index (χ1v) is 8.92. The highest BCUT2D eigenvalue weighted by molar-refractivity contribution is 5.36. The van der Waals surface area contributed by atoms with Gasteiger partial charge < -0.3 is 9.84 Å². The van der Waals surface area contributed by atoms with Crippen molar-refractivity contribution in [3.05, 3.63) is 71.3 Å². The summed E-state index contributed by atoms with van der Waals surface area (Å²) >= 11 is 0. The average Bonchev–Trinajstić information content (AvgIpc) is 2.64. The zero-order valence-corrected chi connectivity index (χ0v) is 14.0. The van der Waals surface area contributed by atoms with Crippen LogP contribution < -0.4 is 0 Å². The van der Waals surface area contributed by atoms with Gasteiger partial charge in [0.1, 0.15) is 0 Å². The summed E-state index contributed by atoms with van der Waals surface area (Å²) in [5.41, 5.74) is 3.84. The Morgan fingerprint density at radius 2 is 1.71 bits per heavy atom. The molecule has 0 bridgehead atoms. The van der Waals surface area contributed by atoms with Crippen molar-refractivity contribution >= 4 is 0 Å². The number of hydrogen-bond acceptors (Lipinski definition) is 3. The molecule has 1 saturated heterocycles. The van der Waals surface area contributed by atoms with Crippen molar-refractivity contribution < 1.29 is 9.84 Å². The van der Waals surface area contributed by atoms with E-state index in [1.54, 1.807) is 0 Å². The molecule has 24 heavy (non-hydrogen) atoms. The molecule has 0 radical (unpaired) electrons. The molecule has 0 aliphatic carbocycles. The maximum atomic E-state index is 9.64. The number of likely N-dealkylation sites (tertiary alicyclic amines) is 1. The maximum Gasteiger partial charge on any atom is 0.0963 e. The molecule has 1 atom stereocenters. The summed E-state index contributed by atoms with van der Waals surface area (Å²) in [5, 5.41) is 9.64. The molecule has 2 aliphatic rings. The van der Waals surface area contributed by atoms with Gasteiger partial charge in [-0.05, 0) is 29.5 Å². The van der Waals surface area contributed by atoms with Gasteiger partial charge in [-0.25, -0.2) is 0 Å². The first-order chi connectivity index (χ1) is 11.8. The summed E-state index contributed by atoms with van der Waals surface area (Å²) in [7, 11) is 0. The molecule has 0 aromatic heterocycles. The molecule has 2 aliphatic heterocycles. The molecular weight excluding hydrogens is 298 g/mol. The Morgan fingerprint density at radius 3 is 2.46 bits per heavy atom. The molecule has 2 heterocycles. The fourth-order valence-electron chi connectivity index (χ4n) is 4.22. The minimum absolute atomic E-state index is 0.0689. The lowest BCUT2D eigenvalue weighted by Crippen LogP contribution is -2.49. The van der Waals surface area contributed by atoms with E-state index in [1.165, 1.54) is 16.7 Å². The summed E-state index contributed by atoms with van der Waals surface area (Å²) in [6.07, 6.45) is 2.74. The van der Waals surface area contributed by atoms with Crippen molar-refractivity contribution in [3.63, 3.8) is 0 Å². The van der Waals surface area contributed by atoms with Crippen molar-refractivity contribution in [2.24, 2.45) is 0 Å². The lowest BCUT2D eigenvalue weighted by Gasteiger charge is -2.47. The molecule has 3 nitrogen and oxygen atoms in total. The molecule has 2 aromatic rings. The van der Waals surface area contributed by atoms with Crippen molar-refractivity contribution in [3.8, 4) is 0 Å². The van der Waals surface area contributed by atoms with Gasteiger partial charge in [-0.1, -0.05) is 54.6 Å². The van der Waals surface area contributed by atoms with Gasteiger partial charge >= 0.3 is 0 Å². The van der Waals surface area contributed by atoms with Crippen molar-refractivity contribution in [1.82, 2.24) is 4.90 Å². The number of benzene rings is 2. The molecule has 3 heteroatoms. The van der Waals surface area contributed by atoms with E-state index in [1.807, 2.05) is 0 Å². The van der Waals surface area contributed by atoms with Gasteiger partial charge in [-0.15, -0.1) is 0 Å². The summed E-state index contributed by atoms with van der Waals surface area (Å²) in [4.78, 5) is 2.51. The molecule has 0 saturated carbocycles. The monoisotopic (exact) mass is 323 g/mol. The van der Waals surface area contributed by atoms with Gasteiger partial charge in [0.15, 0.2) is 0 Å². The van der Waals surface area contributed by atoms with Crippen LogP contribution in [0.3, 0.4) is 0 Å². The van der Waals surface area contributed by atoms with E-state index in [2.05, 4.69) is 59.5 Å². The van der Waals surface area contributed by atoms with E-state index in [9.17, 15) is 5.11 Å². The smallest absolute Gasteiger partial charge is 0.0963 e. The molecule has 2 aromatic carbocycles. The quantitative estimate of drug-likeness (QED) is 0.942. The highest BCUT2D eigenvalue weighted by Crippen LogP contribution is 2.43. The van der Waals surface area contributed by atoms with Gasteiger partial charge in [0, 0.05) is 26.1 Å². The van der Waals surface area contributed by atoms with E-state index in [0.29, 0.717) is 0 Å². The molecule has 1 unspecified atom stereocenters. The number of aliphatic hydroxyl groups excluding tert-OH is 1. The second-order valence-electron chi connectivity index (χ2n) is 7.04. The molecule has 0 amide bonds. The Kier molecular flexibility index (Phi) is 4.40. The molecule has 1 N–H and O–H groups in total. The minimum atomic E-state index is -0.213. The van der Waals surface area contributed by atoms with Crippen LogP contribution in [0.15, 0.2) is 54.6 Å². The predicted octanol–water partition coefficient (Wildman–Crippen LogP) is 3.11. The second-order valence-corrected chi connectivity index (χ2v) is 7.04. The second kappa shape index (κ2) is 6.67. The Bertz CT molecular complexity index is 677. The van der Waals surface area contributed by atoms with Gasteiger partial charge in [0.05, 0.1) is 18.3 Å². The number of piperidine rings is 1. The van der Waals surface area contributed by atoms with E-state index in [-0.39, 0.29) is 18.3 Å². The number of aliphatic hydroxyl groups is 1. The van der Waals surface area contributed by atoms with E-state index in [4.69, 9.17) is 4.74 Å². The first-order valence-electron chi connectivity index (χ1n) is 8.92. The van der Waals surface area contributed by atoms with Crippen LogP contribution >= 0.6 is 0 Å². The normalized spacial score (nSPS) is 23.1. The fourth-order valence-corrected chi connectivity index (χ4v) is 4.22. The minimum Gasteiger partial charge on any atom is -0.394 e. The van der Waals surface area contributed by atoms with E-state index in [0.717, 1.165) is 38.9 Å². The summed E-state index contributed by atoms with van der Waals surface area (Å²) < 4.78 is 6.41. The Morgan fingerprint density at radius 1 is 1.00 bits per heavy atom. The van der Waals surface area contributed by atoms with Gasteiger partial charge in [-0.3, -0.25) is 4.90 Å². The summed E-state index contributed by atoms with van der Waals surface area (Å²) in [6.45, 7) is 3.16. The topological polar surface area (TPSA) is 32.7 Å². The Balaban J connectivity index is 1.51. The van der Waals surface area contributed by atoms with Crippen LogP contribution in [0.4, 0.5) is 0 Å². The number of fused-ring (bicyclic) bond motifs is 2. The largest absolute Gasteiger partial charge is 0.394 e. The van der Waals surface area contributed by atoms with Gasteiger partial charge in [0.2, 0.25) is 0 Å². The third-order valence-electron chi connectivity index (χ3n) is 5.46. The Hall–Kier alpha value is -1.68. The zero-order valence-electron chi connectivity index (χ0n) is 14.0. The molecule has 1 spiro atoms. The standard InChI is InChI=1S/C21H25NO2/c23-16-19-14-18-8-4-5-9-20(18)21(24-19)10-12-22(13-11-21)15-17-6-2-1-3-7-17/h1-9,19,23H,10-16H2. The van der Waals surface area contributed by atoms with Crippen LogP contribution in [-0.4, -0.2) is 35.8 Å². The van der Waals surface area contributed by atoms with Crippen molar-refractivity contribution in [2.75, 3.05) is 19.7 Å². The third kappa shape index (κ3) is 3.00. The highest BCUT2D eigenvalue weighted by atomic mass is 16.5. The predicted molar refractivity (Wildman–Crippen MR) is 94.7 cm³/mol. The van der Waals surface area contributed by atoms with Gasteiger partial charge in [0.25, 0.3) is 0 Å². The number of rotatable bonds is 3. The van der Waals surface area contributed by atoms with Crippen LogP contribution in [0, 0.1) is 0 Å². The van der Waals surface area contributed by atoms with Crippen LogP contribution in [0.25, 0.3) is 0 Å². The lowest BCUT2D eigenvalue weighted by atomic mass is 9.78. The average molecular weight is 323 g/mol. The Labute approximate surface area is 143 Å². The summed E-state index contributed by atoms with van der Waals surface area (Å²) in [6, 6.07) is 19.3. The van der Waals surface area contributed by atoms with Crippen molar-refractivity contribution in [1.29, 1.82) is 0 Å². The lowest BCUT2D eigenvalue weighted by molar-refractivity contribution is -0.151. The molecule has 1 fully saturated rings. The van der Waals surface area contributed by atoms with Crippen molar-refractivity contribution in [2.45, 2.75) is 37.5 Å². The van der Waals surface area contributed by atoms with Crippen LogP contribution in [-0.2, 0) is 23.3 Å². The molecular formula is C21H25NO2. The van der Waals surface area contributed by atoms with E-state index >= 15 is 0 Å². The van der Waals surface area contributed by atoms with Gasteiger partial charge in [-0.2, -0.15) is 0 Å².